The number of hydrogen-bond donors (Lipinski definition) is 6. The standard InChI is InChI=1S/C39H39N7O15S3/c1-43(37(50)25-7-4-22-31(62(53,54)55)13-10-28(47)34(22)40-25)16-19-46(20-17-44(2)38(51)26-8-5-23-32(63(56,57)58)14-11-29(48)35(23)41-26)21-18-45(3)39(52)27-9-6-24-33(64(59,60)61)15-12-30(49)36(24)42-27/h4-15,47-49H,16-21H2,1-3H3,(H,53,54,55)(H,56,57,58)(H,59,60,61). The molecule has 0 aliphatic rings. The quantitative estimate of drug-likeness (QED) is 0.0803. The Hall–Kier alpha value is -6.61. The van der Waals surface area contributed by atoms with Crippen molar-refractivity contribution in [2.45, 2.75) is 14.7 Å². The van der Waals surface area contributed by atoms with E-state index in [4.69, 9.17) is 0 Å². The summed E-state index contributed by atoms with van der Waals surface area (Å²) in [5.74, 6) is -3.24. The van der Waals surface area contributed by atoms with Crippen LogP contribution in [0, 0.1) is 0 Å². The van der Waals surface area contributed by atoms with E-state index >= 15 is 0 Å². The molecule has 3 aromatic heterocycles. The van der Waals surface area contributed by atoms with Crippen molar-refractivity contribution in [1.29, 1.82) is 0 Å². The van der Waals surface area contributed by atoms with Crippen LogP contribution in [-0.4, -0.2) is 167 Å². The number of phenolic OH excluding ortho intramolecular Hbond substituents is 3. The number of likely N-dealkylation sites (N-methyl/N-ethyl adjacent to an activating group) is 3. The fraction of sp³-hybridized carbons (Fsp3) is 0.231. The summed E-state index contributed by atoms with van der Waals surface area (Å²) in [5, 5.41) is 30.8. The average molecular weight is 942 g/mol. The number of carbonyl (C=O) groups is 3. The van der Waals surface area contributed by atoms with E-state index in [9.17, 15) is 68.6 Å². The number of amides is 3. The normalized spacial score (nSPS) is 12.2. The molecular weight excluding hydrogens is 903 g/mol. The fourth-order valence-corrected chi connectivity index (χ4v) is 8.71. The first-order chi connectivity index (χ1) is 29.9. The molecule has 0 unspecified atom stereocenters. The molecule has 22 nitrogen and oxygen atoms in total. The van der Waals surface area contributed by atoms with Crippen LogP contribution in [-0.2, 0) is 30.4 Å². The molecule has 64 heavy (non-hydrogen) atoms. The zero-order chi connectivity index (χ0) is 47.1. The lowest BCUT2D eigenvalue weighted by atomic mass is 10.1. The molecule has 0 saturated heterocycles. The van der Waals surface area contributed by atoms with Crippen molar-refractivity contribution in [3.63, 3.8) is 0 Å². The van der Waals surface area contributed by atoms with Gasteiger partial charge in [0.1, 0.15) is 65.6 Å². The molecule has 0 bridgehead atoms. The Labute approximate surface area is 364 Å². The summed E-state index contributed by atoms with van der Waals surface area (Å²) in [5.41, 5.74) is -1.26. The number of rotatable bonds is 15. The SMILES string of the molecule is CN(CCN(CCN(C)C(=O)c1ccc2c(S(=O)(=O)O)ccc(O)c2n1)CCN(C)C(=O)c1ccc2c(S(=O)(=O)O)ccc(O)c2n1)C(=O)c1ccc2c(S(=O)(=O)O)ccc(O)c2n1. The highest BCUT2D eigenvalue weighted by molar-refractivity contribution is 7.86. The van der Waals surface area contributed by atoms with Gasteiger partial charge in [0.05, 0.1) is 0 Å². The van der Waals surface area contributed by atoms with Gasteiger partial charge in [-0.3, -0.25) is 32.9 Å². The monoisotopic (exact) mass is 941 g/mol. The number of carbonyl (C=O) groups excluding carboxylic acids is 3. The highest BCUT2D eigenvalue weighted by Crippen LogP contribution is 2.32. The minimum atomic E-state index is -4.70. The maximum atomic E-state index is 13.6. The van der Waals surface area contributed by atoms with E-state index in [0.717, 1.165) is 36.4 Å². The Balaban J connectivity index is 1.21. The Morgan fingerprint density at radius 3 is 0.906 bits per heavy atom. The van der Waals surface area contributed by atoms with E-state index < -0.39 is 80.0 Å². The molecule has 338 valence electrons. The predicted octanol–water partition coefficient (Wildman–Crippen LogP) is 2.11. The summed E-state index contributed by atoms with van der Waals surface area (Å²) < 4.78 is 100. The van der Waals surface area contributed by atoms with Crippen LogP contribution in [0.4, 0.5) is 0 Å². The number of phenols is 3. The molecule has 0 radical (unpaired) electrons. The van der Waals surface area contributed by atoms with E-state index in [2.05, 4.69) is 15.0 Å². The zero-order valence-corrected chi connectivity index (χ0v) is 36.3. The second kappa shape index (κ2) is 17.9. The predicted molar refractivity (Wildman–Crippen MR) is 227 cm³/mol. The molecule has 0 fully saturated rings. The van der Waals surface area contributed by atoms with Crippen molar-refractivity contribution in [3.05, 3.63) is 89.9 Å². The number of hydrogen-bond acceptors (Lipinski definition) is 16. The van der Waals surface area contributed by atoms with E-state index in [1.54, 1.807) is 4.90 Å². The molecular formula is C39H39N7O15S3. The van der Waals surface area contributed by atoms with Gasteiger partial charge < -0.3 is 30.0 Å². The van der Waals surface area contributed by atoms with Crippen molar-refractivity contribution in [2.75, 3.05) is 60.4 Å². The van der Waals surface area contributed by atoms with Gasteiger partial charge in [0.2, 0.25) is 0 Å². The summed E-state index contributed by atoms with van der Waals surface area (Å²) in [6.07, 6.45) is 0. The van der Waals surface area contributed by atoms with Crippen LogP contribution < -0.4 is 0 Å². The van der Waals surface area contributed by atoms with Crippen molar-refractivity contribution in [1.82, 2.24) is 34.6 Å². The fourth-order valence-electron chi connectivity index (χ4n) is 6.66. The molecule has 6 rings (SSSR count). The second-order valence-corrected chi connectivity index (χ2v) is 18.6. The average Bonchev–Trinajstić information content (AvgIpc) is 3.23. The van der Waals surface area contributed by atoms with Crippen LogP contribution in [0.15, 0.2) is 87.5 Å². The highest BCUT2D eigenvalue weighted by Gasteiger charge is 2.25. The lowest BCUT2D eigenvalue weighted by Crippen LogP contribution is -2.44. The van der Waals surface area contributed by atoms with Gasteiger partial charge in [0.25, 0.3) is 48.1 Å². The highest BCUT2D eigenvalue weighted by atomic mass is 32.2. The summed E-state index contributed by atoms with van der Waals surface area (Å²) in [6.45, 7) is 0.438. The third kappa shape index (κ3) is 9.94. The van der Waals surface area contributed by atoms with Crippen LogP contribution >= 0.6 is 0 Å². The lowest BCUT2D eigenvalue weighted by molar-refractivity contribution is 0.0730. The van der Waals surface area contributed by atoms with Gasteiger partial charge in [-0.1, -0.05) is 0 Å². The van der Waals surface area contributed by atoms with Crippen LogP contribution in [0.5, 0.6) is 17.2 Å². The minimum absolute atomic E-state index is 0.0219. The smallest absolute Gasteiger partial charge is 0.295 e. The first-order valence-electron chi connectivity index (χ1n) is 18.7. The first-order valence-corrected chi connectivity index (χ1v) is 23.0. The Bertz CT molecular complexity index is 2880. The topological polar surface area (TPSA) is 327 Å². The van der Waals surface area contributed by atoms with Gasteiger partial charge in [-0.05, 0) is 72.8 Å². The molecule has 0 aliphatic heterocycles. The third-order valence-electron chi connectivity index (χ3n) is 10.2. The number of aromatic hydroxyl groups is 3. The van der Waals surface area contributed by atoms with Crippen molar-refractivity contribution in [3.8, 4) is 17.2 Å². The maximum absolute atomic E-state index is 13.6. The Kier molecular flexibility index (Phi) is 13.1. The van der Waals surface area contributed by atoms with Crippen molar-refractivity contribution in [2.24, 2.45) is 0 Å². The summed E-state index contributed by atoms with van der Waals surface area (Å²) in [6, 6.07) is 13.3. The molecule has 6 aromatic rings. The van der Waals surface area contributed by atoms with E-state index in [1.165, 1.54) is 72.2 Å². The summed E-state index contributed by atoms with van der Waals surface area (Å²) in [7, 11) is -9.74. The summed E-state index contributed by atoms with van der Waals surface area (Å²) in [4.78, 5) is 57.2. The molecule has 3 amide bonds. The molecule has 25 heteroatoms. The van der Waals surface area contributed by atoms with Gasteiger partial charge in [0, 0.05) is 76.6 Å². The van der Waals surface area contributed by atoms with Gasteiger partial charge in [-0.15, -0.1) is 0 Å². The van der Waals surface area contributed by atoms with Gasteiger partial charge in [-0.2, -0.15) is 25.3 Å². The van der Waals surface area contributed by atoms with Gasteiger partial charge >= 0.3 is 0 Å². The van der Waals surface area contributed by atoms with Crippen LogP contribution in [0.25, 0.3) is 32.7 Å². The number of aromatic nitrogens is 3. The molecule has 3 heterocycles. The lowest BCUT2D eigenvalue weighted by Gasteiger charge is -2.29. The number of fused-ring (bicyclic) bond motifs is 3. The molecule has 3 aromatic carbocycles. The van der Waals surface area contributed by atoms with Crippen molar-refractivity contribution < 1.29 is 68.6 Å². The molecule has 6 N–H and O–H groups in total. The van der Waals surface area contributed by atoms with E-state index in [-0.39, 0.29) is 89.1 Å². The molecule has 0 spiro atoms. The number of pyridine rings is 3. The maximum Gasteiger partial charge on any atom is 0.295 e. The number of benzene rings is 3. The Morgan fingerprint density at radius 1 is 0.422 bits per heavy atom. The van der Waals surface area contributed by atoms with Crippen LogP contribution in [0.1, 0.15) is 31.5 Å². The Morgan fingerprint density at radius 2 is 0.672 bits per heavy atom. The molecule has 0 atom stereocenters. The second-order valence-electron chi connectivity index (χ2n) is 14.5. The zero-order valence-electron chi connectivity index (χ0n) is 33.9. The number of nitrogens with zero attached hydrogens (tertiary/aromatic N) is 7. The van der Waals surface area contributed by atoms with Gasteiger partial charge in [0.15, 0.2) is 0 Å². The molecule has 0 aliphatic carbocycles. The minimum Gasteiger partial charge on any atom is -0.506 e. The van der Waals surface area contributed by atoms with Gasteiger partial charge in [-0.25, -0.2) is 15.0 Å². The third-order valence-corrected chi connectivity index (χ3v) is 12.9. The van der Waals surface area contributed by atoms with E-state index in [0.29, 0.717) is 0 Å². The summed E-state index contributed by atoms with van der Waals surface area (Å²) >= 11 is 0. The first kappa shape index (κ1) is 46.9. The largest absolute Gasteiger partial charge is 0.506 e. The van der Waals surface area contributed by atoms with Crippen LogP contribution in [0.2, 0.25) is 0 Å². The van der Waals surface area contributed by atoms with Crippen molar-refractivity contribution >= 4 is 80.8 Å². The van der Waals surface area contributed by atoms with Crippen LogP contribution in [0.3, 0.4) is 0 Å². The molecule has 0 saturated carbocycles. The van der Waals surface area contributed by atoms with E-state index in [1.807, 2.05) is 0 Å².